The predicted octanol–water partition coefficient (Wildman–Crippen LogP) is 4.15. The van der Waals surface area contributed by atoms with Gasteiger partial charge in [0.2, 0.25) is 5.13 Å². The molecule has 6 nitrogen and oxygen atoms in total. The third kappa shape index (κ3) is 5.27. The molecule has 0 spiro atoms. The minimum absolute atomic E-state index is 0.0234. The van der Waals surface area contributed by atoms with Crippen LogP contribution in [-0.4, -0.2) is 58.9 Å². The first kappa shape index (κ1) is 20.8. The summed E-state index contributed by atoms with van der Waals surface area (Å²) in [6, 6.07) is 0.0384. The summed E-state index contributed by atoms with van der Waals surface area (Å²) in [4.78, 5) is 19.0. The van der Waals surface area contributed by atoms with Gasteiger partial charge in [0.05, 0.1) is 6.54 Å². The van der Waals surface area contributed by atoms with Crippen LogP contribution in [0.4, 0.5) is 9.93 Å². The number of nitrogens with zero attached hydrogens (tertiary/aromatic N) is 5. The molecule has 2 amide bonds. The molecule has 146 valence electrons. The Labute approximate surface area is 161 Å². The maximum atomic E-state index is 13.0. The lowest BCUT2D eigenvalue weighted by molar-refractivity contribution is 0.216. The number of rotatable bonds is 12. The monoisotopic (exact) mass is 379 g/mol. The second-order valence-corrected chi connectivity index (χ2v) is 7.97. The molecule has 0 aromatic carbocycles. The Morgan fingerprint density at radius 1 is 1.27 bits per heavy atom. The van der Waals surface area contributed by atoms with Crippen molar-refractivity contribution in [2.75, 3.05) is 31.6 Å². The number of unbranched alkanes of at least 4 members (excludes halogenated alkanes) is 3. The first-order valence-corrected chi connectivity index (χ1v) is 10.7. The van der Waals surface area contributed by atoms with Crippen molar-refractivity contribution in [1.82, 2.24) is 20.0 Å². The molecule has 1 atom stereocenters. The molecule has 1 aliphatic heterocycles. The van der Waals surface area contributed by atoms with E-state index in [0.717, 1.165) is 48.8 Å². The average molecular weight is 380 g/mol. The van der Waals surface area contributed by atoms with Crippen LogP contribution in [0.25, 0.3) is 0 Å². The van der Waals surface area contributed by atoms with E-state index in [1.54, 1.807) is 11.3 Å². The molecule has 0 radical (unpaired) electrons. The fraction of sp³-hybridized carbons (Fsp3) is 0.737. The summed E-state index contributed by atoms with van der Waals surface area (Å²) in [5, 5.41) is 10.4. The van der Waals surface area contributed by atoms with Crippen LogP contribution in [0.1, 0.15) is 57.4 Å². The van der Waals surface area contributed by atoms with Crippen molar-refractivity contribution < 1.29 is 4.79 Å². The van der Waals surface area contributed by atoms with Crippen LogP contribution in [0.3, 0.4) is 0 Å². The summed E-state index contributed by atoms with van der Waals surface area (Å²) < 4.78 is 0. The Morgan fingerprint density at radius 2 is 2.04 bits per heavy atom. The molecular weight excluding hydrogens is 346 g/mol. The summed E-state index contributed by atoms with van der Waals surface area (Å²) in [5.74, 6) is 0. The molecule has 0 aliphatic carbocycles. The topological polar surface area (TPSA) is 52.6 Å². The van der Waals surface area contributed by atoms with E-state index < -0.39 is 0 Å². The van der Waals surface area contributed by atoms with Crippen molar-refractivity contribution in [3.05, 3.63) is 17.7 Å². The molecular formula is C19H33N5OS. The van der Waals surface area contributed by atoms with Gasteiger partial charge in [0.25, 0.3) is 0 Å². The molecule has 2 heterocycles. The second-order valence-electron chi connectivity index (χ2n) is 6.93. The van der Waals surface area contributed by atoms with Crippen molar-refractivity contribution in [2.45, 2.75) is 65.0 Å². The molecule has 0 N–H and O–H groups in total. The molecule has 1 saturated heterocycles. The molecule has 26 heavy (non-hydrogen) atoms. The molecule has 1 aliphatic rings. The zero-order valence-corrected chi connectivity index (χ0v) is 17.3. The van der Waals surface area contributed by atoms with Crippen LogP contribution in [0.2, 0.25) is 0 Å². The quantitative estimate of drug-likeness (QED) is 0.404. The van der Waals surface area contributed by atoms with Gasteiger partial charge in [-0.2, -0.15) is 0 Å². The Morgan fingerprint density at radius 3 is 2.73 bits per heavy atom. The van der Waals surface area contributed by atoms with Crippen molar-refractivity contribution in [3.8, 4) is 0 Å². The van der Waals surface area contributed by atoms with Gasteiger partial charge in [0, 0.05) is 13.0 Å². The summed E-state index contributed by atoms with van der Waals surface area (Å²) >= 11 is 1.56. The van der Waals surface area contributed by atoms with Gasteiger partial charge in [0.15, 0.2) is 0 Å². The normalized spacial score (nSPS) is 17.5. The van der Waals surface area contributed by atoms with Gasteiger partial charge >= 0.3 is 6.03 Å². The summed E-state index contributed by atoms with van der Waals surface area (Å²) in [6.07, 6.45) is 9.44. The Bertz CT molecular complexity index is 576. The Kier molecular flexibility index (Phi) is 8.51. The van der Waals surface area contributed by atoms with Gasteiger partial charge in [-0.3, -0.25) is 4.90 Å². The lowest BCUT2D eigenvalue weighted by atomic mass is 10.2. The fourth-order valence-electron chi connectivity index (χ4n) is 3.14. The lowest BCUT2D eigenvalue weighted by Crippen LogP contribution is -2.45. The number of urea groups is 1. The van der Waals surface area contributed by atoms with Gasteiger partial charge in [-0.05, 0) is 32.9 Å². The number of hydrogen-bond donors (Lipinski definition) is 0. The molecule has 2 rings (SSSR count). The highest BCUT2D eigenvalue weighted by molar-refractivity contribution is 7.15. The number of likely N-dealkylation sites (N-methyl/N-ethyl adjacent to an activating group) is 1. The van der Waals surface area contributed by atoms with Crippen LogP contribution in [0, 0.1) is 0 Å². The zero-order valence-electron chi connectivity index (χ0n) is 16.5. The predicted molar refractivity (Wildman–Crippen MR) is 109 cm³/mol. The maximum Gasteiger partial charge on any atom is 0.327 e. The smallest absolute Gasteiger partial charge is 0.320 e. The number of anilines is 1. The average Bonchev–Trinajstić information content (AvgIpc) is 3.22. The fourth-order valence-corrected chi connectivity index (χ4v) is 4.06. The molecule has 1 unspecified atom stereocenters. The van der Waals surface area contributed by atoms with E-state index in [1.165, 1.54) is 12.8 Å². The van der Waals surface area contributed by atoms with Crippen molar-refractivity contribution in [3.63, 3.8) is 0 Å². The van der Waals surface area contributed by atoms with Gasteiger partial charge < -0.3 is 4.90 Å². The number of carbonyl (C=O) groups excluding carboxylic acids is 1. The van der Waals surface area contributed by atoms with Crippen LogP contribution in [0.5, 0.6) is 0 Å². The molecule has 1 aromatic rings. The number of aromatic nitrogens is 2. The van der Waals surface area contributed by atoms with Crippen LogP contribution in [-0.2, 0) is 6.42 Å². The van der Waals surface area contributed by atoms with Crippen LogP contribution >= 0.6 is 11.3 Å². The number of amides is 2. The maximum absolute atomic E-state index is 13.0. The van der Waals surface area contributed by atoms with E-state index in [9.17, 15) is 4.79 Å². The number of carbonyl (C=O) groups is 1. The first-order valence-electron chi connectivity index (χ1n) is 9.84. The summed E-state index contributed by atoms with van der Waals surface area (Å²) in [7, 11) is 2.10. The van der Waals surface area contributed by atoms with E-state index in [1.807, 2.05) is 15.9 Å². The van der Waals surface area contributed by atoms with Gasteiger partial charge in [-0.1, -0.05) is 50.5 Å². The second kappa shape index (κ2) is 10.6. The highest BCUT2D eigenvalue weighted by Gasteiger charge is 2.41. The van der Waals surface area contributed by atoms with Gasteiger partial charge in [0.1, 0.15) is 11.2 Å². The van der Waals surface area contributed by atoms with E-state index in [-0.39, 0.29) is 12.2 Å². The molecule has 1 aromatic heterocycles. The van der Waals surface area contributed by atoms with Crippen molar-refractivity contribution in [2.24, 2.45) is 0 Å². The number of aryl methyl sites for hydroxylation is 1. The first-order chi connectivity index (χ1) is 12.6. The van der Waals surface area contributed by atoms with Crippen LogP contribution in [0.15, 0.2) is 12.7 Å². The van der Waals surface area contributed by atoms with E-state index in [0.29, 0.717) is 13.1 Å². The third-order valence-electron chi connectivity index (χ3n) is 4.79. The highest BCUT2D eigenvalue weighted by Crippen LogP contribution is 2.30. The van der Waals surface area contributed by atoms with Crippen LogP contribution < -0.4 is 4.90 Å². The van der Waals surface area contributed by atoms with Crippen molar-refractivity contribution in [1.29, 1.82) is 0 Å². The zero-order chi connectivity index (χ0) is 18.9. The van der Waals surface area contributed by atoms with E-state index in [2.05, 4.69) is 42.6 Å². The minimum atomic E-state index is 0.0234. The van der Waals surface area contributed by atoms with Gasteiger partial charge in [-0.15, -0.1) is 16.8 Å². The molecule has 0 bridgehead atoms. The standard InChI is InChI=1S/C19H33N5OS/c1-5-8-11-12-16-20-21-18(26-16)24-17(22(4)13-9-6-2)15-23(19(24)25)14-10-7-3/h7,17H,3,5-6,8-15H2,1-2,4H3. The van der Waals surface area contributed by atoms with Crippen molar-refractivity contribution >= 4 is 22.5 Å². The lowest BCUT2D eigenvalue weighted by Gasteiger charge is -2.29. The molecule has 0 saturated carbocycles. The Hall–Kier alpha value is -1.47. The SMILES string of the molecule is C=CCCN1CC(N(C)CCCC)N(c2nnc(CCCCC)s2)C1=O. The molecule has 1 fully saturated rings. The van der Waals surface area contributed by atoms with Gasteiger partial charge in [-0.25, -0.2) is 9.69 Å². The van der Waals surface area contributed by atoms with E-state index in [4.69, 9.17) is 0 Å². The molecule has 7 heteroatoms. The third-order valence-corrected chi connectivity index (χ3v) is 5.77. The Balaban J connectivity index is 2.14. The summed E-state index contributed by atoms with van der Waals surface area (Å²) in [6.45, 7) is 10.6. The summed E-state index contributed by atoms with van der Waals surface area (Å²) in [5.41, 5.74) is 0. The minimum Gasteiger partial charge on any atom is -0.320 e. The highest BCUT2D eigenvalue weighted by atomic mass is 32.1. The number of hydrogen-bond acceptors (Lipinski definition) is 5. The largest absolute Gasteiger partial charge is 0.327 e. The van der Waals surface area contributed by atoms with E-state index >= 15 is 0 Å².